The molecule has 4 nitrogen and oxygen atoms in total. The lowest BCUT2D eigenvalue weighted by Gasteiger charge is -2.22. The Morgan fingerprint density at radius 3 is 2.73 bits per heavy atom. The number of carbonyl (C=O) groups excluding carboxylic acids is 1. The van der Waals surface area contributed by atoms with Crippen molar-refractivity contribution in [3.8, 4) is 5.75 Å². The van der Waals surface area contributed by atoms with Crippen molar-refractivity contribution in [2.75, 3.05) is 7.05 Å². The van der Waals surface area contributed by atoms with E-state index in [2.05, 4.69) is 4.98 Å². The third-order valence-corrected chi connectivity index (χ3v) is 3.58. The largest absolute Gasteiger partial charge is 0.479 e. The first-order valence-corrected chi connectivity index (χ1v) is 7.49. The quantitative estimate of drug-likeness (QED) is 0.832. The summed E-state index contributed by atoms with van der Waals surface area (Å²) in [5.74, 6) is 0.273. The van der Waals surface area contributed by atoms with Crippen LogP contribution in [0, 0.1) is 0 Å². The zero-order chi connectivity index (χ0) is 16.1. The van der Waals surface area contributed by atoms with Gasteiger partial charge in [0.1, 0.15) is 5.75 Å². The number of aromatic nitrogens is 1. The number of benzene rings is 1. The van der Waals surface area contributed by atoms with Crippen molar-refractivity contribution in [1.82, 2.24) is 9.88 Å². The molecule has 116 valence electrons. The van der Waals surface area contributed by atoms with Gasteiger partial charge in [0.05, 0.1) is 17.3 Å². The molecule has 1 aromatic heterocycles. The van der Waals surface area contributed by atoms with Gasteiger partial charge in [0.15, 0.2) is 6.10 Å². The Morgan fingerprint density at radius 2 is 2.09 bits per heavy atom. The highest BCUT2D eigenvalue weighted by molar-refractivity contribution is 6.35. The zero-order valence-electron chi connectivity index (χ0n) is 12.3. The lowest BCUT2D eigenvalue weighted by molar-refractivity contribution is -0.137. The van der Waals surface area contributed by atoms with Crippen molar-refractivity contribution >= 4 is 29.1 Å². The number of amides is 1. The summed E-state index contributed by atoms with van der Waals surface area (Å²) in [4.78, 5) is 18.1. The topological polar surface area (TPSA) is 42.4 Å². The molecule has 2 aromatic rings. The van der Waals surface area contributed by atoms with E-state index in [0.29, 0.717) is 22.3 Å². The second-order valence-electron chi connectivity index (χ2n) is 4.85. The Bertz CT molecular complexity index is 650. The molecule has 2 rings (SSSR count). The smallest absolute Gasteiger partial charge is 0.263 e. The predicted octanol–water partition coefficient (Wildman–Crippen LogP) is 3.81. The Kier molecular flexibility index (Phi) is 5.63. The van der Waals surface area contributed by atoms with E-state index in [1.54, 1.807) is 43.3 Å². The van der Waals surface area contributed by atoms with Crippen molar-refractivity contribution < 1.29 is 9.53 Å². The standard InChI is InChI=1S/C16H16Cl2N2O2/c1-11(22-15-7-6-12(17)9-14(15)18)16(21)20(2)10-13-5-3-4-8-19-13/h3-9,11H,10H2,1-2H3. The molecule has 1 atom stereocenters. The minimum Gasteiger partial charge on any atom is -0.479 e. The summed E-state index contributed by atoms with van der Waals surface area (Å²) >= 11 is 11.9. The van der Waals surface area contributed by atoms with Crippen LogP contribution < -0.4 is 4.74 Å². The summed E-state index contributed by atoms with van der Waals surface area (Å²) in [6.45, 7) is 2.10. The highest BCUT2D eigenvalue weighted by atomic mass is 35.5. The van der Waals surface area contributed by atoms with Crippen LogP contribution in [0.3, 0.4) is 0 Å². The van der Waals surface area contributed by atoms with Gasteiger partial charge in [-0.15, -0.1) is 0 Å². The van der Waals surface area contributed by atoms with Crippen LogP contribution in [-0.4, -0.2) is 28.9 Å². The van der Waals surface area contributed by atoms with Crippen molar-refractivity contribution in [2.45, 2.75) is 19.6 Å². The third-order valence-electron chi connectivity index (χ3n) is 3.05. The van der Waals surface area contributed by atoms with E-state index in [9.17, 15) is 4.79 Å². The van der Waals surface area contributed by atoms with Gasteiger partial charge in [0.25, 0.3) is 5.91 Å². The molecule has 0 N–H and O–H groups in total. The van der Waals surface area contributed by atoms with E-state index in [1.165, 1.54) is 0 Å². The van der Waals surface area contributed by atoms with Gasteiger partial charge < -0.3 is 9.64 Å². The van der Waals surface area contributed by atoms with Crippen molar-refractivity contribution in [2.24, 2.45) is 0 Å². The monoisotopic (exact) mass is 338 g/mol. The van der Waals surface area contributed by atoms with Crippen LogP contribution >= 0.6 is 23.2 Å². The number of pyridine rings is 1. The van der Waals surface area contributed by atoms with E-state index in [0.717, 1.165) is 5.69 Å². The molecule has 0 spiro atoms. The van der Waals surface area contributed by atoms with E-state index >= 15 is 0 Å². The maximum Gasteiger partial charge on any atom is 0.263 e. The highest BCUT2D eigenvalue weighted by Gasteiger charge is 2.20. The number of likely N-dealkylation sites (N-methyl/N-ethyl adjacent to an activating group) is 1. The molecule has 0 saturated carbocycles. The lowest BCUT2D eigenvalue weighted by Crippen LogP contribution is -2.37. The number of ether oxygens (including phenoxy) is 1. The molecule has 0 saturated heterocycles. The first kappa shape index (κ1) is 16.6. The highest BCUT2D eigenvalue weighted by Crippen LogP contribution is 2.28. The molecule has 0 bridgehead atoms. The average Bonchev–Trinajstić information content (AvgIpc) is 2.50. The maximum atomic E-state index is 12.3. The minimum atomic E-state index is -0.660. The predicted molar refractivity (Wildman–Crippen MR) is 87.3 cm³/mol. The number of hydrogen-bond donors (Lipinski definition) is 0. The van der Waals surface area contributed by atoms with Gasteiger partial charge in [-0.2, -0.15) is 0 Å². The number of rotatable bonds is 5. The second kappa shape index (κ2) is 7.47. The van der Waals surface area contributed by atoms with Crippen LogP contribution in [0.15, 0.2) is 42.6 Å². The van der Waals surface area contributed by atoms with Crippen LogP contribution in [0.2, 0.25) is 10.0 Å². The third kappa shape index (κ3) is 4.36. The molecule has 1 unspecified atom stereocenters. The van der Waals surface area contributed by atoms with Gasteiger partial charge >= 0.3 is 0 Å². The van der Waals surface area contributed by atoms with Gasteiger partial charge in [0, 0.05) is 18.3 Å². The number of hydrogen-bond acceptors (Lipinski definition) is 3. The Labute approximate surface area is 139 Å². The van der Waals surface area contributed by atoms with E-state index < -0.39 is 6.10 Å². The maximum absolute atomic E-state index is 12.3. The summed E-state index contributed by atoms with van der Waals surface area (Å²) in [5, 5.41) is 0.892. The molecule has 0 aliphatic rings. The molecular formula is C16H16Cl2N2O2. The van der Waals surface area contributed by atoms with Crippen LogP contribution in [0.5, 0.6) is 5.75 Å². The lowest BCUT2D eigenvalue weighted by atomic mass is 10.3. The fourth-order valence-electron chi connectivity index (χ4n) is 1.93. The number of nitrogens with zero attached hydrogens (tertiary/aromatic N) is 2. The van der Waals surface area contributed by atoms with Crippen molar-refractivity contribution in [1.29, 1.82) is 0 Å². The van der Waals surface area contributed by atoms with Crippen LogP contribution in [0.25, 0.3) is 0 Å². The zero-order valence-corrected chi connectivity index (χ0v) is 13.8. The molecule has 6 heteroatoms. The number of carbonyl (C=O) groups is 1. The molecule has 0 fully saturated rings. The average molecular weight is 339 g/mol. The molecule has 1 aromatic carbocycles. The molecular weight excluding hydrogens is 323 g/mol. The Balaban J connectivity index is 1.99. The number of halogens is 2. The normalized spacial score (nSPS) is 11.8. The van der Waals surface area contributed by atoms with E-state index in [4.69, 9.17) is 27.9 Å². The van der Waals surface area contributed by atoms with E-state index in [-0.39, 0.29) is 5.91 Å². The first-order valence-electron chi connectivity index (χ1n) is 6.74. The van der Waals surface area contributed by atoms with Gasteiger partial charge in [-0.05, 0) is 37.3 Å². The molecule has 1 amide bonds. The minimum absolute atomic E-state index is 0.156. The SMILES string of the molecule is CC(Oc1ccc(Cl)cc1Cl)C(=O)N(C)Cc1ccccn1. The van der Waals surface area contributed by atoms with Crippen LogP contribution in [-0.2, 0) is 11.3 Å². The fourth-order valence-corrected chi connectivity index (χ4v) is 2.39. The summed E-state index contributed by atoms with van der Waals surface area (Å²) in [5.41, 5.74) is 0.815. The van der Waals surface area contributed by atoms with Crippen LogP contribution in [0.4, 0.5) is 0 Å². The molecule has 0 aliphatic carbocycles. The summed E-state index contributed by atoms with van der Waals surface area (Å²) in [7, 11) is 1.71. The van der Waals surface area contributed by atoms with Gasteiger partial charge in [-0.25, -0.2) is 0 Å². The first-order chi connectivity index (χ1) is 10.5. The molecule has 0 radical (unpaired) electrons. The summed E-state index contributed by atoms with van der Waals surface area (Å²) in [6, 6.07) is 10.5. The van der Waals surface area contributed by atoms with Crippen molar-refractivity contribution in [3.05, 3.63) is 58.3 Å². The second-order valence-corrected chi connectivity index (χ2v) is 5.69. The Hall–Kier alpha value is -1.78. The van der Waals surface area contributed by atoms with E-state index in [1.807, 2.05) is 18.2 Å². The van der Waals surface area contributed by atoms with Gasteiger partial charge in [-0.3, -0.25) is 9.78 Å². The summed E-state index contributed by atoms with van der Waals surface area (Å²) < 4.78 is 5.62. The molecule has 22 heavy (non-hydrogen) atoms. The molecule has 0 aliphatic heterocycles. The van der Waals surface area contributed by atoms with Crippen molar-refractivity contribution in [3.63, 3.8) is 0 Å². The summed E-state index contributed by atoms with van der Waals surface area (Å²) in [6.07, 6.45) is 1.04. The van der Waals surface area contributed by atoms with Crippen LogP contribution in [0.1, 0.15) is 12.6 Å². The van der Waals surface area contributed by atoms with Gasteiger partial charge in [0.2, 0.25) is 0 Å². The van der Waals surface area contributed by atoms with Gasteiger partial charge in [-0.1, -0.05) is 29.3 Å². The fraction of sp³-hybridized carbons (Fsp3) is 0.250. The Morgan fingerprint density at radius 1 is 1.32 bits per heavy atom. The molecule has 1 heterocycles.